The number of rotatable bonds is 3. The Labute approximate surface area is 159 Å². The van der Waals surface area contributed by atoms with Crippen LogP contribution in [0.15, 0.2) is 59.8 Å². The minimum Gasteiger partial charge on any atom is -0.267 e. The maximum absolute atomic E-state index is 13.8. The standard InChI is InChI=1S/C20H16FN5O2/c1-12-7-8-14(9-13(12)2)26-18-16(10-23-26)20(28)25(11-22-18)24-19(27)15-5-3-4-6-17(15)21/h3-11H,1-2H3,(H,24,27). The van der Waals surface area contributed by atoms with Crippen molar-refractivity contribution in [2.75, 3.05) is 5.43 Å². The van der Waals surface area contributed by atoms with Crippen molar-refractivity contribution in [1.82, 2.24) is 19.4 Å². The maximum Gasteiger partial charge on any atom is 0.283 e. The fourth-order valence-corrected chi connectivity index (χ4v) is 2.85. The van der Waals surface area contributed by atoms with E-state index in [1.54, 1.807) is 4.68 Å². The van der Waals surface area contributed by atoms with Gasteiger partial charge in [-0.2, -0.15) is 5.10 Å². The van der Waals surface area contributed by atoms with Gasteiger partial charge in [-0.15, -0.1) is 0 Å². The Balaban J connectivity index is 1.73. The first-order valence-electron chi connectivity index (χ1n) is 8.54. The number of halogens is 1. The first kappa shape index (κ1) is 17.6. The van der Waals surface area contributed by atoms with E-state index in [9.17, 15) is 14.0 Å². The summed E-state index contributed by atoms with van der Waals surface area (Å²) in [7, 11) is 0. The molecule has 0 saturated carbocycles. The highest BCUT2D eigenvalue weighted by Gasteiger charge is 2.15. The van der Waals surface area contributed by atoms with Gasteiger partial charge in [0, 0.05) is 0 Å². The maximum atomic E-state index is 13.8. The van der Waals surface area contributed by atoms with Crippen LogP contribution < -0.4 is 11.0 Å². The molecular weight excluding hydrogens is 361 g/mol. The van der Waals surface area contributed by atoms with Crippen LogP contribution in [0.3, 0.4) is 0 Å². The SMILES string of the molecule is Cc1ccc(-n2ncc3c(=O)n(NC(=O)c4ccccc4F)cnc32)cc1C. The van der Waals surface area contributed by atoms with Crippen LogP contribution >= 0.6 is 0 Å². The lowest BCUT2D eigenvalue weighted by molar-refractivity contribution is 0.100. The summed E-state index contributed by atoms with van der Waals surface area (Å²) in [5, 5.41) is 4.49. The summed E-state index contributed by atoms with van der Waals surface area (Å²) in [6, 6.07) is 11.3. The zero-order valence-electron chi connectivity index (χ0n) is 15.2. The van der Waals surface area contributed by atoms with E-state index >= 15 is 0 Å². The molecule has 0 radical (unpaired) electrons. The Bertz CT molecular complexity index is 1280. The van der Waals surface area contributed by atoms with E-state index in [2.05, 4.69) is 15.5 Å². The molecule has 4 aromatic rings. The number of nitrogens with one attached hydrogen (secondary N) is 1. The summed E-state index contributed by atoms with van der Waals surface area (Å²) in [6.45, 7) is 4.00. The van der Waals surface area contributed by atoms with E-state index in [1.807, 2.05) is 32.0 Å². The van der Waals surface area contributed by atoms with Crippen LogP contribution in [0.1, 0.15) is 21.5 Å². The number of carbonyl (C=O) groups is 1. The lowest BCUT2D eigenvalue weighted by Gasteiger charge is -2.09. The third-order valence-corrected chi connectivity index (χ3v) is 4.56. The molecule has 0 fully saturated rings. The molecule has 4 rings (SSSR count). The zero-order valence-corrected chi connectivity index (χ0v) is 15.2. The van der Waals surface area contributed by atoms with Crippen LogP contribution in [0.25, 0.3) is 16.7 Å². The van der Waals surface area contributed by atoms with Gasteiger partial charge in [-0.3, -0.25) is 15.0 Å². The van der Waals surface area contributed by atoms with Gasteiger partial charge < -0.3 is 0 Å². The average molecular weight is 377 g/mol. The Morgan fingerprint density at radius 2 is 1.89 bits per heavy atom. The lowest BCUT2D eigenvalue weighted by Crippen LogP contribution is -2.33. The monoisotopic (exact) mass is 377 g/mol. The molecule has 2 aromatic carbocycles. The van der Waals surface area contributed by atoms with Crippen LogP contribution in [-0.4, -0.2) is 25.3 Å². The van der Waals surface area contributed by atoms with E-state index < -0.39 is 17.3 Å². The molecule has 2 heterocycles. The lowest BCUT2D eigenvalue weighted by atomic mass is 10.1. The van der Waals surface area contributed by atoms with E-state index in [0.717, 1.165) is 21.5 Å². The molecule has 0 atom stereocenters. The average Bonchev–Trinajstić information content (AvgIpc) is 3.11. The minimum atomic E-state index is -0.747. The van der Waals surface area contributed by atoms with Crippen molar-refractivity contribution in [2.45, 2.75) is 13.8 Å². The second kappa shape index (κ2) is 6.73. The van der Waals surface area contributed by atoms with Crippen molar-refractivity contribution in [3.63, 3.8) is 0 Å². The smallest absolute Gasteiger partial charge is 0.267 e. The Morgan fingerprint density at radius 1 is 1.11 bits per heavy atom. The van der Waals surface area contributed by atoms with E-state index in [-0.39, 0.29) is 10.9 Å². The van der Waals surface area contributed by atoms with Gasteiger partial charge in [0.05, 0.1) is 17.4 Å². The Morgan fingerprint density at radius 3 is 2.64 bits per heavy atom. The summed E-state index contributed by atoms with van der Waals surface area (Å²) >= 11 is 0. The largest absolute Gasteiger partial charge is 0.283 e. The quantitative estimate of drug-likeness (QED) is 0.595. The van der Waals surface area contributed by atoms with Crippen LogP contribution in [-0.2, 0) is 0 Å². The molecular formula is C20H16FN5O2. The van der Waals surface area contributed by atoms with Crippen molar-refractivity contribution in [3.8, 4) is 5.69 Å². The predicted octanol–water partition coefficient (Wildman–Crippen LogP) is 2.72. The fraction of sp³-hybridized carbons (Fsp3) is 0.100. The number of aromatic nitrogens is 4. The molecule has 0 aliphatic carbocycles. The van der Waals surface area contributed by atoms with Crippen LogP contribution in [0.2, 0.25) is 0 Å². The van der Waals surface area contributed by atoms with Crippen molar-refractivity contribution in [3.05, 3.63) is 87.9 Å². The molecule has 7 nitrogen and oxygen atoms in total. The predicted molar refractivity (Wildman–Crippen MR) is 103 cm³/mol. The molecule has 0 aliphatic rings. The van der Waals surface area contributed by atoms with Crippen LogP contribution in [0, 0.1) is 19.7 Å². The molecule has 8 heteroatoms. The van der Waals surface area contributed by atoms with Crippen molar-refractivity contribution in [1.29, 1.82) is 0 Å². The summed E-state index contributed by atoms with van der Waals surface area (Å²) < 4.78 is 16.3. The Hall–Kier alpha value is -3.81. The molecule has 1 N–H and O–H groups in total. The number of hydrogen-bond donors (Lipinski definition) is 1. The zero-order chi connectivity index (χ0) is 19.8. The number of amides is 1. The molecule has 28 heavy (non-hydrogen) atoms. The van der Waals surface area contributed by atoms with Gasteiger partial charge in [-0.25, -0.2) is 18.7 Å². The molecule has 0 saturated heterocycles. The number of aryl methyl sites for hydroxylation is 2. The molecule has 2 aromatic heterocycles. The summed E-state index contributed by atoms with van der Waals surface area (Å²) in [4.78, 5) is 29.2. The Kier molecular flexibility index (Phi) is 4.23. The summed E-state index contributed by atoms with van der Waals surface area (Å²) in [5.41, 5.74) is 5.05. The van der Waals surface area contributed by atoms with Crippen molar-refractivity contribution in [2.24, 2.45) is 0 Å². The van der Waals surface area contributed by atoms with Crippen LogP contribution in [0.4, 0.5) is 4.39 Å². The molecule has 1 amide bonds. The number of fused-ring (bicyclic) bond motifs is 1. The van der Waals surface area contributed by atoms with Gasteiger partial charge >= 0.3 is 0 Å². The molecule has 140 valence electrons. The topological polar surface area (TPSA) is 81.8 Å². The number of carbonyl (C=O) groups excluding carboxylic acids is 1. The second-order valence-electron chi connectivity index (χ2n) is 6.40. The molecule has 0 bridgehead atoms. The van der Waals surface area contributed by atoms with Crippen LogP contribution in [0.5, 0.6) is 0 Å². The molecule has 0 unspecified atom stereocenters. The van der Waals surface area contributed by atoms with Gasteiger partial charge in [-0.05, 0) is 49.2 Å². The van der Waals surface area contributed by atoms with Gasteiger partial charge in [0.25, 0.3) is 11.5 Å². The number of nitrogens with zero attached hydrogens (tertiary/aromatic N) is 4. The van der Waals surface area contributed by atoms with Gasteiger partial charge in [0.1, 0.15) is 17.5 Å². The summed E-state index contributed by atoms with van der Waals surface area (Å²) in [6.07, 6.45) is 2.58. The first-order valence-corrected chi connectivity index (χ1v) is 8.54. The summed E-state index contributed by atoms with van der Waals surface area (Å²) in [5.74, 6) is -1.42. The van der Waals surface area contributed by atoms with Crippen molar-refractivity contribution >= 4 is 16.9 Å². The highest BCUT2D eigenvalue weighted by molar-refractivity contribution is 6.00. The van der Waals surface area contributed by atoms with E-state index in [4.69, 9.17) is 0 Å². The van der Waals surface area contributed by atoms with E-state index in [1.165, 1.54) is 36.8 Å². The first-order chi connectivity index (χ1) is 13.5. The number of benzene rings is 2. The van der Waals surface area contributed by atoms with Gasteiger partial charge in [0.2, 0.25) is 0 Å². The highest BCUT2D eigenvalue weighted by Crippen LogP contribution is 2.17. The van der Waals surface area contributed by atoms with Crippen molar-refractivity contribution < 1.29 is 9.18 Å². The fourth-order valence-electron chi connectivity index (χ4n) is 2.85. The van der Waals surface area contributed by atoms with E-state index in [0.29, 0.717) is 5.65 Å². The normalized spacial score (nSPS) is 11.0. The third-order valence-electron chi connectivity index (χ3n) is 4.56. The van der Waals surface area contributed by atoms with Gasteiger partial charge in [-0.1, -0.05) is 18.2 Å². The van der Waals surface area contributed by atoms with Gasteiger partial charge in [0.15, 0.2) is 5.65 Å². The minimum absolute atomic E-state index is 0.166. The molecule has 0 aliphatic heterocycles. The highest BCUT2D eigenvalue weighted by atomic mass is 19.1. The number of hydrogen-bond acceptors (Lipinski definition) is 4. The third kappa shape index (κ3) is 2.94. The molecule has 0 spiro atoms. The second-order valence-corrected chi connectivity index (χ2v) is 6.40.